The number of rotatable bonds is 7. The van der Waals surface area contributed by atoms with Crippen LogP contribution in [0.4, 0.5) is 9.18 Å². The smallest absolute Gasteiger partial charge is 0.317 e. The lowest BCUT2D eigenvalue weighted by Gasteiger charge is -2.35. The molecule has 1 aromatic carbocycles. The van der Waals surface area contributed by atoms with Crippen molar-refractivity contribution in [1.29, 1.82) is 0 Å². The fraction of sp³-hybridized carbons (Fsp3) is 0.611. The molecule has 0 spiro atoms. The Morgan fingerprint density at radius 1 is 1.30 bits per heavy atom. The monoisotopic (exact) mass is 322 g/mol. The maximum atomic E-state index is 12.8. The first-order valence-corrected chi connectivity index (χ1v) is 8.63. The highest BCUT2D eigenvalue weighted by Gasteiger charge is 2.24. The molecular formula is C18H27FN2O2. The summed E-state index contributed by atoms with van der Waals surface area (Å²) in [5, 5.41) is 3.00. The van der Waals surface area contributed by atoms with Crippen LogP contribution in [-0.4, -0.2) is 36.7 Å². The Hall–Kier alpha value is -1.78. The minimum absolute atomic E-state index is 0.0657. The van der Waals surface area contributed by atoms with Crippen LogP contribution in [0.1, 0.15) is 45.4 Å². The number of nitrogens with zero attached hydrogens (tertiary/aromatic N) is 1. The van der Waals surface area contributed by atoms with E-state index in [1.807, 2.05) is 4.90 Å². The zero-order chi connectivity index (χ0) is 16.5. The third-order valence-corrected chi connectivity index (χ3v) is 4.29. The van der Waals surface area contributed by atoms with E-state index < -0.39 is 0 Å². The van der Waals surface area contributed by atoms with Crippen molar-refractivity contribution in [2.45, 2.75) is 51.5 Å². The van der Waals surface area contributed by atoms with Crippen LogP contribution < -0.4 is 10.1 Å². The Balaban J connectivity index is 1.57. The van der Waals surface area contributed by atoms with E-state index in [1.54, 1.807) is 12.1 Å². The summed E-state index contributed by atoms with van der Waals surface area (Å²) in [6.45, 7) is 4.25. The second-order valence-electron chi connectivity index (χ2n) is 5.99. The number of hydrogen-bond acceptors (Lipinski definition) is 2. The zero-order valence-corrected chi connectivity index (χ0v) is 13.9. The predicted octanol–water partition coefficient (Wildman–Crippen LogP) is 3.96. The highest BCUT2D eigenvalue weighted by atomic mass is 19.1. The summed E-state index contributed by atoms with van der Waals surface area (Å²) in [4.78, 5) is 14.2. The maximum absolute atomic E-state index is 12.8. The van der Waals surface area contributed by atoms with Crippen LogP contribution in [0, 0.1) is 5.82 Å². The fourth-order valence-electron chi connectivity index (χ4n) is 2.94. The van der Waals surface area contributed by atoms with Crippen LogP contribution in [-0.2, 0) is 0 Å². The molecule has 0 saturated carbocycles. The zero-order valence-electron chi connectivity index (χ0n) is 13.9. The molecule has 1 aliphatic heterocycles. The van der Waals surface area contributed by atoms with Gasteiger partial charge in [0.15, 0.2) is 0 Å². The van der Waals surface area contributed by atoms with Gasteiger partial charge >= 0.3 is 6.03 Å². The Morgan fingerprint density at radius 2 is 2.09 bits per heavy atom. The summed E-state index contributed by atoms with van der Waals surface area (Å²) in [7, 11) is 0. The number of urea groups is 1. The molecule has 0 bridgehead atoms. The van der Waals surface area contributed by atoms with E-state index in [-0.39, 0.29) is 11.8 Å². The van der Waals surface area contributed by atoms with Gasteiger partial charge in [0.05, 0.1) is 6.61 Å². The largest absolute Gasteiger partial charge is 0.494 e. The first kappa shape index (κ1) is 17.6. The molecule has 0 radical (unpaired) electrons. The van der Waals surface area contributed by atoms with Gasteiger partial charge in [-0.2, -0.15) is 0 Å². The van der Waals surface area contributed by atoms with Crippen LogP contribution >= 0.6 is 0 Å². The minimum Gasteiger partial charge on any atom is -0.494 e. The topological polar surface area (TPSA) is 41.6 Å². The van der Waals surface area contributed by atoms with Gasteiger partial charge in [0.2, 0.25) is 0 Å². The van der Waals surface area contributed by atoms with Crippen LogP contribution in [0.2, 0.25) is 0 Å². The number of piperidine rings is 1. The molecule has 4 nitrogen and oxygen atoms in total. The third-order valence-electron chi connectivity index (χ3n) is 4.29. The van der Waals surface area contributed by atoms with E-state index in [2.05, 4.69) is 12.2 Å². The molecule has 2 amide bonds. The minimum atomic E-state index is -0.261. The lowest BCUT2D eigenvalue weighted by atomic mass is 10.0. The van der Waals surface area contributed by atoms with E-state index in [9.17, 15) is 9.18 Å². The molecule has 1 atom stereocenters. The molecule has 128 valence electrons. The number of halogens is 1. The third kappa shape index (κ3) is 5.73. The molecule has 1 saturated heterocycles. The number of benzene rings is 1. The van der Waals surface area contributed by atoms with E-state index in [0.717, 1.165) is 38.6 Å². The lowest BCUT2D eigenvalue weighted by molar-refractivity contribution is 0.148. The molecule has 0 aliphatic carbocycles. The Labute approximate surface area is 138 Å². The van der Waals surface area contributed by atoms with Crippen molar-refractivity contribution in [3.63, 3.8) is 0 Å². The lowest BCUT2D eigenvalue weighted by Crippen LogP contribution is -2.48. The normalized spacial score (nSPS) is 17.8. The number of nitrogens with one attached hydrogen (secondary N) is 1. The van der Waals surface area contributed by atoms with Gasteiger partial charge in [-0.1, -0.05) is 6.92 Å². The second-order valence-corrected chi connectivity index (χ2v) is 5.99. The van der Waals surface area contributed by atoms with Crippen molar-refractivity contribution in [1.82, 2.24) is 10.2 Å². The van der Waals surface area contributed by atoms with Crippen LogP contribution in [0.5, 0.6) is 5.75 Å². The molecule has 1 aromatic rings. The molecule has 1 aliphatic rings. The number of ether oxygens (including phenoxy) is 1. The number of amides is 2. The van der Waals surface area contributed by atoms with Gasteiger partial charge in [-0.25, -0.2) is 9.18 Å². The molecule has 1 N–H and O–H groups in total. The van der Waals surface area contributed by atoms with Crippen molar-refractivity contribution in [3.05, 3.63) is 30.1 Å². The molecular weight excluding hydrogens is 295 g/mol. The summed E-state index contributed by atoms with van der Waals surface area (Å²) >= 11 is 0. The molecule has 1 heterocycles. The van der Waals surface area contributed by atoms with E-state index in [0.29, 0.717) is 24.9 Å². The average molecular weight is 322 g/mol. The number of likely N-dealkylation sites (tertiary alicyclic amines) is 1. The molecule has 5 heteroatoms. The van der Waals surface area contributed by atoms with Crippen molar-refractivity contribution >= 4 is 6.03 Å². The fourth-order valence-corrected chi connectivity index (χ4v) is 2.94. The first-order valence-electron chi connectivity index (χ1n) is 8.63. The summed E-state index contributed by atoms with van der Waals surface area (Å²) in [5.74, 6) is 0.415. The maximum Gasteiger partial charge on any atom is 0.317 e. The van der Waals surface area contributed by atoms with Gasteiger partial charge in [0.25, 0.3) is 0 Å². The number of carbonyl (C=O) groups excluding carboxylic acids is 1. The highest BCUT2D eigenvalue weighted by Crippen LogP contribution is 2.19. The van der Waals surface area contributed by atoms with E-state index >= 15 is 0 Å². The molecule has 1 unspecified atom stereocenters. The molecule has 0 aromatic heterocycles. The molecule has 23 heavy (non-hydrogen) atoms. The Morgan fingerprint density at radius 3 is 2.83 bits per heavy atom. The van der Waals surface area contributed by atoms with Gasteiger partial charge in [-0.05, 0) is 62.8 Å². The van der Waals surface area contributed by atoms with Crippen LogP contribution in [0.15, 0.2) is 24.3 Å². The molecule has 1 fully saturated rings. The van der Waals surface area contributed by atoms with E-state index in [1.165, 1.54) is 18.6 Å². The average Bonchev–Trinajstić information content (AvgIpc) is 2.59. The van der Waals surface area contributed by atoms with E-state index in [4.69, 9.17) is 4.74 Å². The van der Waals surface area contributed by atoms with Crippen molar-refractivity contribution < 1.29 is 13.9 Å². The van der Waals surface area contributed by atoms with Crippen molar-refractivity contribution in [3.8, 4) is 5.75 Å². The quantitative estimate of drug-likeness (QED) is 0.772. The van der Waals surface area contributed by atoms with Crippen LogP contribution in [0.3, 0.4) is 0 Å². The van der Waals surface area contributed by atoms with Crippen molar-refractivity contribution in [2.24, 2.45) is 0 Å². The van der Waals surface area contributed by atoms with Gasteiger partial charge in [-0.3, -0.25) is 0 Å². The van der Waals surface area contributed by atoms with Gasteiger partial charge < -0.3 is 15.0 Å². The van der Waals surface area contributed by atoms with Crippen LogP contribution in [0.25, 0.3) is 0 Å². The standard InChI is InChI=1S/C18H27FN2O2/c1-2-16-7-3-5-13-21(16)18(22)20-12-4-6-14-23-17-10-8-15(19)9-11-17/h8-11,16H,2-7,12-14H2,1H3,(H,20,22). The summed E-state index contributed by atoms with van der Waals surface area (Å²) < 4.78 is 18.3. The number of hydrogen-bond donors (Lipinski definition) is 1. The van der Waals surface area contributed by atoms with Gasteiger partial charge in [0.1, 0.15) is 11.6 Å². The first-order chi connectivity index (χ1) is 11.2. The number of unbranched alkanes of at least 4 members (excludes halogenated alkanes) is 1. The Bertz CT molecular complexity index is 478. The second kappa shape index (κ2) is 9.38. The SMILES string of the molecule is CCC1CCCCN1C(=O)NCCCCOc1ccc(F)cc1. The summed E-state index contributed by atoms with van der Waals surface area (Å²) in [6.07, 6.45) is 6.21. The summed E-state index contributed by atoms with van der Waals surface area (Å²) in [6, 6.07) is 6.48. The van der Waals surface area contributed by atoms with Crippen molar-refractivity contribution in [2.75, 3.05) is 19.7 Å². The Kier molecular flexibility index (Phi) is 7.17. The predicted molar refractivity (Wildman–Crippen MR) is 89.2 cm³/mol. The van der Waals surface area contributed by atoms with Gasteiger partial charge in [-0.15, -0.1) is 0 Å². The highest BCUT2D eigenvalue weighted by molar-refractivity contribution is 5.74. The number of carbonyl (C=O) groups is 1. The van der Waals surface area contributed by atoms with Gasteiger partial charge in [0, 0.05) is 19.1 Å². The summed E-state index contributed by atoms with van der Waals surface area (Å²) in [5.41, 5.74) is 0. The molecule has 2 rings (SSSR count).